The van der Waals surface area contributed by atoms with Gasteiger partial charge >= 0.3 is 0 Å². The molecule has 3 rings (SSSR count). The molecular weight excluding hydrogens is 456 g/mol. The van der Waals surface area contributed by atoms with Gasteiger partial charge in [0.2, 0.25) is 5.75 Å². The molecule has 7 nitrogen and oxygen atoms in total. The molecule has 1 heterocycles. The number of carbonyl (C=O) groups excluding carboxylic acids is 1. The van der Waals surface area contributed by atoms with Crippen molar-refractivity contribution in [2.75, 3.05) is 61.2 Å². The highest BCUT2D eigenvalue weighted by Crippen LogP contribution is 2.38. The minimum atomic E-state index is -0.0649. The Kier molecular flexibility index (Phi) is 10.6. The average molecular weight is 497 g/mol. The Labute approximate surface area is 215 Å². The van der Waals surface area contributed by atoms with Crippen LogP contribution < -0.4 is 14.2 Å². The van der Waals surface area contributed by atoms with E-state index in [-0.39, 0.29) is 5.91 Å². The van der Waals surface area contributed by atoms with Crippen LogP contribution in [0.25, 0.3) is 6.08 Å². The van der Waals surface area contributed by atoms with Crippen molar-refractivity contribution >= 4 is 12.0 Å². The Morgan fingerprint density at radius 3 is 2.36 bits per heavy atom. The Balaban J connectivity index is 1.81. The Morgan fingerprint density at radius 1 is 1.06 bits per heavy atom. The zero-order valence-corrected chi connectivity index (χ0v) is 22.3. The first-order chi connectivity index (χ1) is 17.5. The maximum Gasteiger partial charge on any atom is 0.254 e. The second-order valence-electron chi connectivity index (χ2n) is 9.18. The molecular formula is C29H40N2O5. The maximum absolute atomic E-state index is 13.8. The summed E-state index contributed by atoms with van der Waals surface area (Å²) < 4.78 is 21.8. The van der Waals surface area contributed by atoms with Crippen molar-refractivity contribution in [2.45, 2.75) is 32.2 Å². The zero-order chi connectivity index (χ0) is 25.9. The minimum Gasteiger partial charge on any atom is -0.493 e. The lowest BCUT2D eigenvalue weighted by Gasteiger charge is -2.27. The van der Waals surface area contributed by atoms with Gasteiger partial charge in [-0.3, -0.25) is 9.69 Å². The van der Waals surface area contributed by atoms with Crippen molar-refractivity contribution in [3.63, 3.8) is 0 Å². The van der Waals surface area contributed by atoms with Gasteiger partial charge in [-0.25, -0.2) is 0 Å². The van der Waals surface area contributed by atoms with Crippen molar-refractivity contribution in [1.82, 2.24) is 9.80 Å². The third-order valence-corrected chi connectivity index (χ3v) is 6.58. The van der Waals surface area contributed by atoms with Crippen LogP contribution in [0.15, 0.2) is 48.0 Å². The van der Waals surface area contributed by atoms with Crippen LogP contribution in [0.1, 0.15) is 42.1 Å². The van der Waals surface area contributed by atoms with Crippen molar-refractivity contribution in [1.29, 1.82) is 0 Å². The molecule has 196 valence electrons. The maximum atomic E-state index is 13.8. The lowest BCUT2D eigenvalue weighted by atomic mass is 10.1. The summed E-state index contributed by atoms with van der Waals surface area (Å²) in [7, 11) is 6.43. The van der Waals surface area contributed by atoms with Crippen molar-refractivity contribution in [3.05, 3.63) is 59.2 Å². The van der Waals surface area contributed by atoms with Gasteiger partial charge in [-0.05, 0) is 50.4 Å². The fraction of sp³-hybridized carbons (Fsp3) is 0.483. The summed E-state index contributed by atoms with van der Waals surface area (Å²) in [5.74, 6) is 1.35. The molecule has 0 saturated carbocycles. The number of likely N-dealkylation sites (tertiary alicyclic amines) is 1. The van der Waals surface area contributed by atoms with E-state index >= 15 is 0 Å². The Morgan fingerprint density at radius 2 is 1.75 bits per heavy atom. The zero-order valence-electron chi connectivity index (χ0n) is 22.3. The van der Waals surface area contributed by atoms with E-state index in [0.717, 1.165) is 37.3 Å². The largest absolute Gasteiger partial charge is 0.493 e. The number of nitrogens with zero attached hydrogens (tertiary/aromatic N) is 2. The third-order valence-electron chi connectivity index (χ3n) is 6.58. The highest BCUT2D eigenvalue weighted by atomic mass is 16.5. The van der Waals surface area contributed by atoms with Gasteiger partial charge in [0.15, 0.2) is 11.5 Å². The third kappa shape index (κ3) is 7.24. The first-order valence-electron chi connectivity index (χ1n) is 12.5. The second-order valence-corrected chi connectivity index (χ2v) is 9.18. The molecule has 0 N–H and O–H groups in total. The normalized spacial score (nSPS) is 16.1. The van der Waals surface area contributed by atoms with E-state index in [2.05, 4.69) is 30.0 Å². The summed E-state index contributed by atoms with van der Waals surface area (Å²) in [5.41, 5.74) is 2.74. The quantitative estimate of drug-likeness (QED) is 0.399. The van der Waals surface area contributed by atoms with E-state index in [1.54, 1.807) is 40.6 Å². The highest BCUT2D eigenvalue weighted by molar-refractivity contribution is 5.96. The van der Waals surface area contributed by atoms with Gasteiger partial charge < -0.3 is 23.8 Å². The van der Waals surface area contributed by atoms with Gasteiger partial charge in [-0.15, -0.1) is 0 Å². The van der Waals surface area contributed by atoms with Crippen molar-refractivity contribution < 1.29 is 23.7 Å². The fourth-order valence-corrected chi connectivity index (χ4v) is 4.86. The number of ether oxygens (including phenoxy) is 4. The van der Waals surface area contributed by atoms with E-state index in [1.165, 1.54) is 12.8 Å². The van der Waals surface area contributed by atoms with Crippen LogP contribution in [0.2, 0.25) is 0 Å². The van der Waals surface area contributed by atoms with Gasteiger partial charge in [-0.2, -0.15) is 0 Å². The van der Waals surface area contributed by atoms with Crippen LogP contribution in [0.3, 0.4) is 0 Å². The molecule has 7 heteroatoms. The van der Waals surface area contributed by atoms with Gasteiger partial charge in [-0.1, -0.05) is 42.0 Å². The number of amides is 1. The van der Waals surface area contributed by atoms with E-state index < -0.39 is 0 Å². The molecule has 0 bridgehead atoms. The molecule has 0 radical (unpaired) electrons. The van der Waals surface area contributed by atoms with Gasteiger partial charge in [0, 0.05) is 38.3 Å². The average Bonchev–Trinajstić information content (AvgIpc) is 3.34. The SMILES string of the molecule is COC[C@@H]1CCCN1CCCN(CC(C)=Cc1ccccc1)C(=O)c1cc(OC)c(OC)c(OC)c1. The molecule has 2 aromatic carbocycles. The predicted molar refractivity (Wildman–Crippen MR) is 143 cm³/mol. The molecule has 36 heavy (non-hydrogen) atoms. The number of benzene rings is 2. The van der Waals surface area contributed by atoms with Crippen molar-refractivity contribution in [2.24, 2.45) is 0 Å². The summed E-state index contributed by atoms with van der Waals surface area (Å²) in [6.07, 6.45) is 5.38. The molecule has 0 spiro atoms. The molecule has 2 aromatic rings. The number of hydrogen-bond acceptors (Lipinski definition) is 6. The topological polar surface area (TPSA) is 60.5 Å². The lowest BCUT2D eigenvalue weighted by Crippen LogP contribution is -2.38. The monoisotopic (exact) mass is 496 g/mol. The van der Waals surface area contributed by atoms with E-state index in [4.69, 9.17) is 18.9 Å². The van der Waals surface area contributed by atoms with E-state index in [9.17, 15) is 4.79 Å². The van der Waals surface area contributed by atoms with Crippen LogP contribution in [0.5, 0.6) is 17.2 Å². The summed E-state index contributed by atoms with van der Waals surface area (Å²) in [4.78, 5) is 18.2. The Bertz CT molecular complexity index is 983. The molecule has 0 aliphatic carbocycles. The molecule has 1 aliphatic heterocycles. The van der Waals surface area contributed by atoms with Crippen LogP contribution in [-0.2, 0) is 4.74 Å². The van der Waals surface area contributed by atoms with E-state index in [1.807, 2.05) is 23.1 Å². The highest BCUT2D eigenvalue weighted by Gasteiger charge is 2.25. The van der Waals surface area contributed by atoms with Crippen LogP contribution in [-0.4, -0.2) is 83.0 Å². The minimum absolute atomic E-state index is 0.0649. The first-order valence-corrected chi connectivity index (χ1v) is 12.5. The second kappa shape index (κ2) is 13.9. The summed E-state index contributed by atoms with van der Waals surface area (Å²) in [5, 5.41) is 0. The molecule has 1 fully saturated rings. The van der Waals surface area contributed by atoms with Crippen molar-refractivity contribution in [3.8, 4) is 17.2 Å². The predicted octanol–water partition coefficient (Wildman–Crippen LogP) is 4.76. The molecule has 1 amide bonds. The molecule has 1 aliphatic rings. The molecule has 0 unspecified atom stereocenters. The molecule has 1 saturated heterocycles. The fourth-order valence-electron chi connectivity index (χ4n) is 4.86. The first kappa shape index (κ1) is 27.6. The smallest absolute Gasteiger partial charge is 0.254 e. The van der Waals surface area contributed by atoms with Crippen LogP contribution in [0.4, 0.5) is 0 Å². The summed E-state index contributed by atoms with van der Waals surface area (Å²) in [6.45, 7) is 6.03. The molecule has 0 aromatic heterocycles. The summed E-state index contributed by atoms with van der Waals surface area (Å²) >= 11 is 0. The Hall–Kier alpha value is -3.03. The standard InChI is InChI=1S/C29H40N2O5/c1-22(17-23-11-7-6-8-12-23)20-31(16-10-15-30-14-9-13-25(30)21-33-2)29(32)24-18-26(34-3)28(36-5)27(19-24)35-4/h6-8,11-12,17-19,25H,9-10,13-16,20-21H2,1-5H3/t25-/m0/s1. The number of methoxy groups -OCH3 is 4. The molecule has 1 atom stereocenters. The van der Waals surface area contributed by atoms with Gasteiger partial charge in [0.05, 0.1) is 27.9 Å². The number of rotatable bonds is 13. The van der Waals surface area contributed by atoms with Crippen LogP contribution in [0, 0.1) is 0 Å². The lowest BCUT2D eigenvalue weighted by molar-refractivity contribution is 0.0752. The van der Waals surface area contributed by atoms with Gasteiger partial charge in [0.1, 0.15) is 0 Å². The van der Waals surface area contributed by atoms with E-state index in [0.29, 0.717) is 41.9 Å². The number of carbonyl (C=O) groups is 1. The van der Waals surface area contributed by atoms with Gasteiger partial charge in [0.25, 0.3) is 5.91 Å². The van der Waals surface area contributed by atoms with Crippen LogP contribution >= 0.6 is 0 Å². The summed E-state index contributed by atoms with van der Waals surface area (Å²) in [6, 6.07) is 14.1. The number of hydrogen-bond donors (Lipinski definition) is 0.